The number of piperazine rings is 1. The molecular formula is C27H26N4O2. The molecule has 1 fully saturated rings. The number of hydrogen-bond donors (Lipinski definition) is 1. The van der Waals surface area contributed by atoms with Crippen LogP contribution in [-0.4, -0.2) is 54.2 Å². The van der Waals surface area contributed by atoms with Gasteiger partial charge in [0.05, 0.1) is 0 Å². The highest BCUT2D eigenvalue weighted by Crippen LogP contribution is 2.30. The van der Waals surface area contributed by atoms with Crippen LogP contribution in [0, 0.1) is 0 Å². The molecule has 0 saturated carbocycles. The Bertz CT molecular complexity index is 1290. The number of nitrogens with zero attached hydrogens (tertiary/aromatic N) is 3. The molecule has 166 valence electrons. The lowest BCUT2D eigenvalue weighted by molar-refractivity contribution is -0.112. The second kappa shape index (κ2) is 8.92. The standard InChI is InChI=1S/C27H26N4O2/c1-29-15-17-30(18-16-29)22-12-10-20(11-13-22)24-19-23-9-5-6-14-31(23)25(24)26(32)27(33)28-21-7-3-2-4-8-21/h2-14,19H,15-18H2,1H3,(H,28,33). The zero-order chi connectivity index (χ0) is 22.8. The maximum Gasteiger partial charge on any atom is 0.298 e. The van der Waals surface area contributed by atoms with E-state index in [0.29, 0.717) is 11.4 Å². The van der Waals surface area contributed by atoms with Gasteiger partial charge in [-0.05, 0) is 55.1 Å². The van der Waals surface area contributed by atoms with Gasteiger partial charge in [-0.15, -0.1) is 0 Å². The van der Waals surface area contributed by atoms with Crippen LogP contribution in [0.2, 0.25) is 0 Å². The van der Waals surface area contributed by atoms with E-state index in [1.54, 1.807) is 16.5 Å². The highest BCUT2D eigenvalue weighted by Gasteiger charge is 2.25. The fourth-order valence-electron chi connectivity index (χ4n) is 4.31. The number of rotatable bonds is 5. The zero-order valence-corrected chi connectivity index (χ0v) is 18.6. The van der Waals surface area contributed by atoms with Gasteiger partial charge in [0.2, 0.25) is 0 Å². The zero-order valence-electron chi connectivity index (χ0n) is 18.6. The Balaban J connectivity index is 1.48. The first-order valence-corrected chi connectivity index (χ1v) is 11.1. The monoisotopic (exact) mass is 438 g/mol. The lowest BCUT2D eigenvalue weighted by Crippen LogP contribution is -2.44. The van der Waals surface area contributed by atoms with Crippen molar-refractivity contribution in [3.63, 3.8) is 0 Å². The van der Waals surface area contributed by atoms with Crippen molar-refractivity contribution in [2.75, 3.05) is 43.4 Å². The van der Waals surface area contributed by atoms with E-state index in [1.807, 2.05) is 60.8 Å². The van der Waals surface area contributed by atoms with Crippen molar-refractivity contribution in [2.45, 2.75) is 0 Å². The summed E-state index contributed by atoms with van der Waals surface area (Å²) in [4.78, 5) is 30.9. The van der Waals surface area contributed by atoms with Crippen molar-refractivity contribution in [1.82, 2.24) is 9.30 Å². The molecule has 1 aliphatic heterocycles. The van der Waals surface area contributed by atoms with Crippen LogP contribution in [0.4, 0.5) is 11.4 Å². The van der Waals surface area contributed by atoms with Gasteiger partial charge in [0, 0.05) is 54.8 Å². The van der Waals surface area contributed by atoms with Crippen molar-refractivity contribution in [1.29, 1.82) is 0 Å². The molecule has 0 bridgehead atoms. The van der Waals surface area contributed by atoms with Crippen LogP contribution in [0.15, 0.2) is 85.1 Å². The summed E-state index contributed by atoms with van der Waals surface area (Å²) in [7, 11) is 2.14. The highest BCUT2D eigenvalue weighted by atomic mass is 16.2. The van der Waals surface area contributed by atoms with Crippen molar-refractivity contribution in [3.05, 3.63) is 90.8 Å². The number of amides is 1. The lowest BCUT2D eigenvalue weighted by Gasteiger charge is -2.34. The van der Waals surface area contributed by atoms with E-state index in [2.05, 4.69) is 34.3 Å². The van der Waals surface area contributed by atoms with Crippen LogP contribution in [0.1, 0.15) is 10.5 Å². The van der Waals surface area contributed by atoms with E-state index >= 15 is 0 Å². The molecular weight excluding hydrogens is 412 g/mol. The summed E-state index contributed by atoms with van der Waals surface area (Å²) < 4.78 is 1.79. The second-order valence-corrected chi connectivity index (χ2v) is 8.39. The lowest BCUT2D eigenvalue weighted by atomic mass is 10.0. The number of carbonyl (C=O) groups excluding carboxylic acids is 2. The molecule has 6 heteroatoms. The SMILES string of the molecule is CN1CCN(c2ccc(-c3cc4ccccn4c3C(=O)C(=O)Nc3ccccc3)cc2)CC1. The number of nitrogens with one attached hydrogen (secondary N) is 1. The second-order valence-electron chi connectivity index (χ2n) is 8.39. The number of hydrogen-bond acceptors (Lipinski definition) is 4. The minimum absolute atomic E-state index is 0.367. The van der Waals surface area contributed by atoms with Crippen molar-refractivity contribution >= 4 is 28.6 Å². The maximum atomic E-state index is 13.3. The molecule has 1 saturated heterocycles. The number of ketones is 1. The number of likely N-dealkylation sites (N-methyl/N-ethyl adjacent to an activating group) is 1. The van der Waals surface area contributed by atoms with Crippen LogP contribution in [-0.2, 0) is 4.79 Å². The quantitative estimate of drug-likeness (QED) is 0.375. The van der Waals surface area contributed by atoms with Gasteiger partial charge in [-0.1, -0.05) is 36.4 Å². The van der Waals surface area contributed by atoms with Gasteiger partial charge >= 0.3 is 0 Å². The predicted octanol–water partition coefficient (Wildman–Crippen LogP) is 4.18. The largest absolute Gasteiger partial charge is 0.369 e. The minimum atomic E-state index is -0.652. The van der Waals surface area contributed by atoms with Crippen molar-refractivity contribution in [3.8, 4) is 11.1 Å². The van der Waals surface area contributed by atoms with Gasteiger partial charge in [0.15, 0.2) is 0 Å². The average molecular weight is 439 g/mol. The molecule has 33 heavy (non-hydrogen) atoms. The normalized spacial score (nSPS) is 14.4. The Morgan fingerprint density at radius 2 is 1.52 bits per heavy atom. The van der Waals surface area contributed by atoms with E-state index < -0.39 is 11.7 Å². The van der Waals surface area contributed by atoms with Gasteiger partial charge in [-0.2, -0.15) is 0 Å². The van der Waals surface area contributed by atoms with Gasteiger partial charge in [0.25, 0.3) is 11.7 Å². The molecule has 2 aromatic heterocycles. The Labute approximate surface area is 193 Å². The molecule has 0 unspecified atom stereocenters. The number of anilines is 2. The number of fused-ring (bicyclic) bond motifs is 1. The fraction of sp³-hybridized carbons (Fsp3) is 0.185. The summed E-state index contributed by atoms with van der Waals surface area (Å²) in [6.45, 7) is 4.08. The van der Waals surface area contributed by atoms with E-state index in [1.165, 1.54) is 5.69 Å². The molecule has 6 nitrogen and oxygen atoms in total. The molecule has 1 aliphatic rings. The highest BCUT2D eigenvalue weighted by molar-refractivity contribution is 6.47. The Kier molecular flexibility index (Phi) is 5.67. The average Bonchev–Trinajstić information content (AvgIpc) is 3.24. The van der Waals surface area contributed by atoms with E-state index in [4.69, 9.17) is 0 Å². The summed E-state index contributed by atoms with van der Waals surface area (Å²) in [6, 6.07) is 25.0. The molecule has 0 aliphatic carbocycles. The van der Waals surface area contributed by atoms with Crippen LogP contribution in [0.3, 0.4) is 0 Å². The first kappa shape index (κ1) is 21.0. The number of pyridine rings is 1. The minimum Gasteiger partial charge on any atom is -0.369 e. The molecule has 0 radical (unpaired) electrons. The number of para-hydroxylation sites is 1. The number of aromatic nitrogens is 1. The van der Waals surface area contributed by atoms with Crippen LogP contribution in [0.5, 0.6) is 0 Å². The van der Waals surface area contributed by atoms with E-state index in [9.17, 15) is 9.59 Å². The Morgan fingerprint density at radius 3 is 2.24 bits per heavy atom. The summed E-state index contributed by atoms with van der Waals surface area (Å²) in [5.41, 5.74) is 4.66. The van der Waals surface area contributed by atoms with Gasteiger partial charge in [0.1, 0.15) is 5.69 Å². The van der Waals surface area contributed by atoms with Gasteiger partial charge < -0.3 is 19.5 Å². The van der Waals surface area contributed by atoms with E-state index in [-0.39, 0.29) is 0 Å². The third-order valence-electron chi connectivity index (χ3n) is 6.18. The van der Waals surface area contributed by atoms with Crippen LogP contribution < -0.4 is 10.2 Å². The topological polar surface area (TPSA) is 57.1 Å². The van der Waals surface area contributed by atoms with E-state index in [0.717, 1.165) is 42.8 Å². The first-order valence-electron chi connectivity index (χ1n) is 11.1. The molecule has 0 atom stereocenters. The Morgan fingerprint density at radius 1 is 0.818 bits per heavy atom. The smallest absolute Gasteiger partial charge is 0.298 e. The molecule has 4 aromatic rings. The first-order chi connectivity index (χ1) is 16.1. The molecule has 5 rings (SSSR count). The third-order valence-corrected chi connectivity index (χ3v) is 6.18. The number of Topliss-reactive ketones (excluding diaryl/α,β-unsaturated/α-hetero) is 1. The summed E-state index contributed by atoms with van der Waals surface area (Å²) in [6.07, 6.45) is 1.82. The molecule has 1 amide bonds. The summed E-state index contributed by atoms with van der Waals surface area (Å²) >= 11 is 0. The molecule has 2 aromatic carbocycles. The molecule has 1 N–H and O–H groups in total. The number of carbonyl (C=O) groups is 2. The summed E-state index contributed by atoms with van der Waals surface area (Å²) in [5, 5.41) is 2.72. The van der Waals surface area contributed by atoms with Gasteiger partial charge in [-0.25, -0.2) is 0 Å². The third kappa shape index (κ3) is 4.25. The van der Waals surface area contributed by atoms with Crippen LogP contribution in [0.25, 0.3) is 16.6 Å². The number of benzene rings is 2. The summed E-state index contributed by atoms with van der Waals surface area (Å²) in [5.74, 6) is -1.22. The van der Waals surface area contributed by atoms with Crippen molar-refractivity contribution in [2.24, 2.45) is 0 Å². The van der Waals surface area contributed by atoms with Gasteiger partial charge in [-0.3, -0.25) is 9.59 Å². The molecule has 3 heterocycles. The predicted molar refractivity (Wildman–Crippen MR) is 132 cm³/mol. The fourth-order valence-corrected chi connectivity index (χ4v) is 4.31. The Hall–Kier alpha value is -3.90. The van der Waals surface area contributed by atoms with Crippen molar-refractivity contribution < 1.29 is 9.59 Å². The molecule has 0 spiro atoms. The maximum absolute atomic E-state index is 13.3. The van der Waals surface area contributed by atoms with Crippen LogP contribution >= 0.6 is 0 Å².